The number of nitrogens with zero attached hydrogens (tertiary/aromatic N) is 1. The van der Waals surface area contributed by atoms with Crippen LogP contribution in [0.15, 0.2) is 47.6 Å². The van der Waals surface area contributed by atoms with Crippen LogP contribution in [0.3, 0.4) is 0 Å². The van der Waals surface area contributed by atoms with Gasteiger partial charge >= 0.3 is 0 Å². The van der Waals surface area contributed by atoms with Gasteiger partial charge in [-0.3, -0.25) is 0 Å². The van der Waals surface area contributed by atoms with Gasteiger partial charge in [-0.1, -0.05) is 35.0 Å². The van der Waals surface area contributed by atoms with Gasteiger partial charge in [0.1, 0.15) is 11.5 Å². The summed E-state index contributed by atoms with van der Waals surface area (Å²) in [5.41, 5.74) is 7.05. The number of halogens is 1. The highest BCUT2D eigenvalue weighted by atomic mass is 35.5. The Bertz CT molecular complexity index is 627. The summed E-state index contributed by atoms with van der Waals surface area (Å²) in [5, 5.41) is 12.3. The molecule has 0 atom stereocenters. The summed E-state index contributed by atoms with van der Waals surface area (Å²) >= 11 is 5.90. The first-order chi connectivity index (χ1) is 9.11. The second-order valence-electron chi connectivity index (χ2n) is 3.99. The first kappa shape index (κ1) is 13.2. The van der Waals surface area contributed by atoms with Crippen molar-refractivity contribution in [3.63, 3.8) is 0 Å². The first-order valence-electron chi connectivity index (χ1n) is 5.62. The van der Waals surface area contributed by atoms with Crippen molar-refractivity contribution in [3.8, 4) is 11.5 Å². The van der Waals surface area contributed by atoms with Crippen LogP contribution in [0.25, 0.3) is 0 Å². The lowest BCUT2D eigenvalue weighted by Gasteiger charge is -2.12. The Balaban J connectivity index is 2.43. The molecular weight excluding hydrogens is 264 g/mol. The van der Waals surface area contributed by atoms with Crippen LogP contribution in [0.4, 0.5) is 0 Å². The Hall–Kier alpha value is -2.20. The van der Waals surface area contributed by atoms with E-state index < -0.39 is 0 Å². The third-order valence-electron chi connectivity index (χ3n) is 2.64. The minimum atomic E-state index is -0.0499. The van der Waals surface area contributed by atoms with Crippen molar-refractivity contribution in [1.82, 2.24) is 0 Å². The molecule has 0 aromatic heterocycles. The van der Waals surface area contributed by atoms with Crippen LogP contribution in [0, 0.1) is 6.92 Å². The molecule has 0 radical (unpaired) electrons. The van der Waals surface area contributed by atoms with Gasteiger partial charge in [0.2, 0.25) is 0 Å². The van der Waals surface area contributed by atoms with E-state index in [1.807, 2.05) is 31.2 Å². The molecule has 0 heterocycles. The number of rotatable bonds is 3. The molecule has 0 fully saturated rings. The Morgan fingerprint density at radius 1 is 1.21 bits per heavy atom. The van der Waals surface area contributed by atoms with Crippen LogP contribution in [-0.4, -0.2) is 11.0 Å². The second-order valence-corrected chi connectivity index (χ2v) is 4.43. The van der Waals surface area contributed by atoms with Crippen molar-refractivity contribution in [2.75, 3.05) is 0 Å². The Kier molecular flexibility index (Phi) is 3.92. The second kappa shape index (κ2) is 5.63. The van der Waals surface area contributed by atoms with E-state index >= 15 is 0 Å². The number of aryl methyl sites for hydroxylation is 1. The van der Waals surface area contributed by atoms with Crippen LogP contribution in [0.5, 0.6) is 11.5 Å². The third-order valence-corrected chi connectivity index (χ3v) is 2.87. The van der Waals surface area contributed by atoms with E-state index in [-0.39, 0.29) is 5.84 Å². The molecule has 0 unspecified atom stereocenters. The first-order valence-corrected chi connectivity index (χ1v) is 6.00. The van der Waals surface area contributed by atoms with Gasteiger partial charge in [0.15, 0.2) is 5.84 Å². The molecule has 0 saturated heterocycles. The minimum Gasteiger partial charge on any atom is -0.456 e. The van der Waals surface area contributed by atoms with Gasteiger partial charge in [-0.25, -0.2) is 0 Å². The number of amidine groups is 1. The van der Waals surface area contributed by atoms with Crippen LogP contribution in [0.1, 0.15) is 11.1 Å². The molecule has 0 saturated carbocycles. The van der Waals surface area contributed by atoms with Crippen molar-refractivity contribution in [1.29, 1.82) is 0 Å². The molecule has 98 valence electrons. The molecule has 4 nitrogen and oxygen atoms in total. The van der Waals surface area contributed by atoms with Crippen LogP contribution in [0.2, 0.25) is 5.02 Å². The lowest BCUT2D eigenvalue weighted by Crippen LogP contribution is -2.14. The molecule has 2 aromatic rings. The maximum Gasteiger partial charge on any atom is 0.173 e. The lowest BCUT2D eigenvalue weighted by atomic mass is 10.1. The van der Waals surface area contributed by atoms with Gasteiger partial charge in [-0.05, 0) is 36.8 Å². The quantitative estimate of drug-likeness (QED) is 0.390. The molecule has 5 heteroatoms. The Morgan fingerprint density at radius 3 is 2.63 bits per heavy atom. The summed E-state index contributed by atoms with van der Waals surface area (Å²) in [6, 6.07) is 12.5. The zero-order chi connectivity index (χ0) is 13.8. The fourth-order valence-electron chi connectivity index (χ4n) is 1.63. The van der Waals surface area contributed by atoms with Gasteiger partial charge < -0.3 is 15.7 Å². The Labute approximate surface area is 116 Å². The van der Waals surface area contributed by atoms with Crippen molar-refractivity contribution >= 4 is 17.4 Å². The average Bonchev–Trinajstić information content (AvgIpc) is 2.42. The fraction of sp³-hybridized carbons (Fsp3) is 0.0714. The van der Waals surface area contributed by atoms with E-state index in [0.29, 0.717) is 22.1 Å². The number of ether oxygens (including phenoxy) is 1. The largest absolute Gasteiger partial charge is 0.456 e. The van der Waals surface area contributed by atoms with Crippen molar-refractivity contribution in [3.05, 3.63) is 58.6 Å². The monoisotopic (exact) mass is 276 g/mol. The SMILES string of the molecule is Cc1ccccc1Oc1ccc(Cl)cc1C(N)=NO. The standard InChI is InChI=1S/C14H13ClN2O2/c1-9-4-2-3-5-12(9)19-13-7-6-10(15)8-11(13)14(16)17-18/h2-8,18H,1H3,(H2,16,17). The Morgan fingerprint density at radius 2 is 1.95 bits per heavy atom. The number of nitrogens with two attached hydrogens (primary N) is 1. The van der Waals surface area contributed by atoms with Gasteiger partial charge in [-0.2, -0.15) is 0 Å². The van der Waals surface area contributed by atoms with Gasteiger partial charge in [0.25, 0.3) is 0 Å². The van der Waals surface area contributed by atoms with E-state index in [1.165, 1.54) is 0 Å². The van der Waals surface area contributed by atoms with E-state index in [9.17, 15) is 0 Å². The van der Waals surface area contributed by atoms with Crippen molar-refractivity contribution in [2.45, 2.75) is 6.92 Å². The van der Waals surface area contributed by atoms with Crippen LogP contribution >= 0.6 is 11.6 Å². The number of benzene rings is 2. The van der Waals surface area contributed by atoms with Gasteiger partial charge in [-0.15, -0.1) is 0 Å². The van der Waals surface area contributed by atoms with Crippen LogP contribution < -0.4 is 10.5 Å². The molecule has 0 spiro atoms. The lowest BCUT2D eigenvalue weighted by molar-refractivity contribution is 0.318. The van der Waals surface area contributed by atoms with Crippen LogP contribution in [-0.2, 0) is 0 Å². The van der Waals surface area contributed by atoms with Crippen molar-refractivity contribution in [2.24, 2.45) is 10.9 Å². The molecular formula is C14H13ClN2O2. The molecule has 0 aliphatic heterocycles. The summed E-state index contributed by atoms with van der Waals surface area (Å²) in [6.07, 6.45) is 0. The van der Waals surface area contributed by atoms with E-state index in [0.717, 1.165) is 5.56 Å². The predicted octanol–water partition coefficient (Wildman–Crippen LogP) is 3.54. The molecule has 2 rings (SSSR count). The maximum absolute atomic E-state index is 8.79. The normalized spacial score (nSPS) is 11.4. The minimum absolute atomic E-state index is 0.0499. The zero-order valence-electron chi connectivity index (χ0n) is 10.3. The fourth-order valence-corrected chi connectivity index (χ4v) is 1.81. The zero-order valence-corrected chi connectivity index (χ0v) is 11.1. The summed E-state index contributed by atoms with van der Waals surface area (Å²) in [7, 11) is 0. The van der Waals surface area contributed by atoms with E-state index in [2.05, 4.69) is 5.16 Å². The number of oxime groups is 1. The summed E-state index contributed by atoms with van der Waals surface area (Å²) in [6.45, 7) is 1.94. The number of hydrogen-bond acceptors (Lipinski definition) is 3. The number of hydrogen-bond donors (Lipinski definition) is 2. The molecule has 0 amide bonds. The average molecular weight is 277 g/mol. The predicted molar refractivity (Wildman–Crippen MR) is 75.2 cm³/mol. The third kappa shape index (κ3) is 2.98. The maximum atomic E-state index is 8.79. The molecule has 0 bridgehead atoms. The highest BCUT2D eigenvalue weighted by Gasteiger charge is 2.11. The molecule has 0 aliphatic carbocycles. The number of para-hydroxylation sites is 1. The molecule has 19 heavy (non-hydrogen) atoms. The highest BCUT2D eigenvalue weighted by Crippen LogP contribution is 2.29. The topological polar surface area (TPSA) is 67.8 Å². The molecule has 3 N–H and O–H groups in total. The smallest absolute Gasteiger partial charge is 0.173 e. The summed E-state index contributed by atoms with van der Waals surface area (Å²) in [4.78, 5) is 0. The van der Waals surface area contributed by atoms with E-state index in [4.69, 9.17) is 27.3 Å². The van der Waals surface area contributed by atoms with E-state index in [1.54, 1.807) is 18.2 Å². The van der Waals surface area contributed by atoms with Crippen molar-refractivity contribution < 1.29 is 9.94 Å². The molecule has 0 aliphatic rings. The van der Waals surface area contributed by atoms with Gasteiger partial charge in [0.05, 0.1) is 5.56 Å². The van der Waals surface area contributed by atoms with Gasteiger partial charge in [0, 0.05) is 5.02 Å². The highest BCUT2D eigenvalue weighted by molar-refractivity contribution is 6.31. The summed E-state index contributed by atoms with van der Waals surface area (Å²) in [5.74, 6) is 1.14. The molecule has 2 aromatic carbocycles. The summed E-state index contributed by atoms with van der Waals surface area (Å²) < 4.78 is 5.79.